The van der Waals surface area contributed by atoms with Crippen LogP contribution in [0.3, 0.4) is 0 Å². The molecule has 19 heavy (non-hydrogen) atoms. The van der Waals surface area contributed by atoms with Gasteiger partial charge in [0.2, 0.25) is 0 Å². The van der Waals surface area contributed by atoms with Crippen LogP contribution in [0.2, 0.25) is 0 Å². The van der Waals surface area contributed by atoms with Gasteiger partial charge in [-0.1, -0.05) is 13.8 Å². The lowest BCUT2D eigenvalue weighted by molar-refractivity contribution is -0.144. The molecule has 0 saturated carbocycles. The molecule has 2 aromatic rings. The monoisotopic (exact) mass is 280 g/mol. The van der Waals surface area contributed by atoms with Crippen molar-refractivity contribution in [1.29, 1.82) is 0 Å². The van der Waals surface area contributed by atoms with Crippen molar-refractivity contribution in [2.24, 2.45) is 0 Å². The predicted octanol–water partition coefficient (Wildman–Crippen LogP) is 2.14. The number of thiophene rings is 1. The van der Waals surface area contributed by atoms with Crippen LogP contribution in [0.15, 0.2) is 17.2 Å². The highest BCUT2D eigenvalue weighted by Gasteiger charge is 2.21. The van der Waals surface area contributed by atoms with E-state index < -0.39 is 12.0 Å². The van der Waals surface area contributed by atoms with Crippen LogP contribution in [0.25, 0.3) is 10.2 Å². The number of aromatic nitrogens is 2. The molecule has 0 aliphatic heterocycles. The third-order valence-electron chi connectivity index (χ3n) is 3.07. The lowest BCUT2D eigenvalue weighted by atomic mass is 10.2. The van der Waals surface area contributed by atoms with Crippen molar-refractivity contribution < 1.29 is 9.53 Å². The normalized spacial score (nSPS) is 12.6. The van der Waals surface area contributed by atoms with Gasteiger partial charge in [-0.15, -0.1) is 11.3 Å². The first-order valence-corrected chi connectivity index (χ1v) is 7.01. The fourth-order valence-electron chi connectivity index (χ4n) is 2.00. The van der Waals surface area contributed by atoms with Gasteiger partial charge in [0.25, 0.3) is 5.56 Å². The third-order valence-corrected chi connectivity index (χ3v) is 4.26. The summed E-state index contributed by atoms with van der Waals surface area (Å²) in [4.78, 5) is 30.2. The highest BCUT2D eigenvalue weighted by Crippen LogP contribution is 2.22. The Bertz CT molecular complexity index is 659. The zero-order valence-electron chi connectivity index (χ0n) is 11.2. The molecule has 0 bridgehead atoms. The van der Waals surface area contributed by atoms with Gasteiger partial charge in [-0.2, -0.15) is 0 Å². The van der Waals surface area contributed by atoms with E-state index >= 15 is 0 Å². The van der Waals surface area contributed by atoms with Crippen molar-refractivity contribution in [1.82, 2.24) is 9.55 Å². The van der Waals surface area contributed by atoms with Gasteiger partial charge in [0.15, 0.2) is 0 Å². The van der Waals surface area contributed by atoms with E-state index in [4.69, 9.17) is 4.74 Å². The average Bonchev–Trinajstić information content (AvgIpc) is 2.85. The standard InChI is InChI=1S/C13H16N2O3S/c1-4-8-6-9-11(19-8)14-7-15(12(9)16)10(5-2)13(17)18-3/h6-7,10H,4-5H2,1-3H3. The number of esters is 1. The molecule has 1 atom stereocenters. The molecule has 0 spiro atoms. The van der Waals surface area contributed by atoms with Crippen molar-refractivity contribution >= 4 is 27.5 Å². The lowest BCUT2D eigenvalue weighted by Gasteiger charge is -2.14. The van der Waals surface area contributed by atoms with Crippen LogP contribution >= 0.6 is 11.3 Å². The van der Waals surface area contributed by atoms with Crippen LogP contribution in [0.1, 0.15) is 31.2 Å². The summed E-state index contributed by atoms with van der Waals surface area (Å²) in [5.74, 6) is -0.420. The number of nitrogens with zero attached hydrogens (tertiary/aromatic N) is 2. The number of methoxy groups -OCH3 is 1. The summed E-state index contributed by atoms with van der Waals surface area (Å²) in [5, 5.41) is 0.576. The Hall–Kier alpha value is -1.69. The largest absolute Gasteiger partial charge is 0.467 e. The van der Waals surface area contributed by atoms with E-state index in [-0.39, 0.29) is 5.56 Å². The minimum absolute atomic E-state index is 0.182. The minimum Gasteiger partial charge on any atom is -0.467 e. The first-order valence-electron chi connectivity index (χ1n) is 6.19. The molecule has 2 rings (SSSR count). The number of carbonyl (C=O) groups excluding carboxylic acids is 1. The van der Waals surface area contributed by atoms with Gasteiger partial charge in [0.1, 0.15) is 10.9 Å². The second kappa shape index (κ2) is 5.52. The van der Waals surface area contributed by atoms with E-state index in [2.05, 4.69) is 4.98 Å². The van der Waals surface area contributed by atoms with Crippen molar-refractivity contribution in [3.05, 3.63) is 27.6 Å². The predicted molar refractivity (Wildman–Crippen MR) is 74.6 cm³/mol. The van der Waals surface area contributed by atoms with Gasteiger partial charge in [-0.25, -0.2) is 9.78 Å². The fraction of sp³-hybridized carbons (Fsp3) is 0.462. The number of ether oxygens (including phenoxy) is 1. The molecule has 0 aliphatic carbocycles. The van der Waals surface area contributed by atoms with Crippen LogP contribution in [0.5, 0.6) is 0 Å². The number of fused-ring (bicyclic) bond motifs is 1. The Balaban J connectivity index is 2.58. The summed E-state index contributed by atoms with van der Waals surface area (Å²) < 4.78 is 6.09. The highest BCUT2D eigenvalue weighted by atomic mass is 32.1. The van der Waals surface area contributed by atoms with Gasteiger partial charge in [-0.05, 0) is 18.9 Å². The lowest BCUT2D eigenvalue weighted by Crippen LogP contribution is -2.30. The number of carbonyl (C=O) groups is 1. The van der Waals surface area contributed by atoms with Gasteiger partial charge < -0.3 is 4.74 Å². The molecule has 102 valence electrons. The Morgan fingerprint density at radius 3 is 2.84 bits per heavy atom. The van der Waals surface area contributed by atoms with E-state index in [1.54, 1.807) is 0 Å². The first kappa shape index (κ1) is 13.7. The molecular weight excluding hydrogens is 264 g/mol. The SMILES string of the molecule is CCc1cc2c(=O)n(C(CC)C(=O)OC)cnc2s1. The maximum Gasteiger partial charge on any atom is 0.329 e. The van der Waals surface area contributed by atoms with Crippen LogP contribution in [-0.4, -0.2) is 22.6 Å². The molecule has 0 aromatic carbocycles. The number of hydrogen-bond acceptors (Lipinski definition) is 5. The zero-order valence-corrected chi connectivity index (χ0v) is 12.0. The second-order valence-corrected chi connectivity index (χ2v) is 5.30. The molecule has 0 N–H and O–H groups in total. The Labute approximate surface area is 114 Å². The van der Waals surface area contributed by atoms with E-state index in [1.807, 2.05) is 19.9 Å². The molecule has 0 amide bonds. The quantitative estimate of drug-likeness (QED) is 0.805. The molecule has 0 radical (unpaired) electrons. The molecule has 2 aromatic heterocycles. The van der Waals surface area contributed by atoms with Crippen LogP contribution in [0.4, 0.5) is 0 Å². The van der Waals surface area contributed by atoms with Crippen molar-refractivity contribution in [3.63, 3.8) is 0 Å². The molecule has 0 aliphatic rings. The van der Waals surface area contributed by atoms with E-state index in [1.165, 1.54) is 29.3 Å². The van der Waals surface area contributed by atoms with Crippen molar-refractivity contribution in [2.75, 3.05) is 7.11 Å². The van der Waals surface area contributed by atoms with Gasteiger partial charge >= 0.3 is 5.97 Å². The number of aryl methyl sites for hydroxylation is 1. The second-order valence-electron chi connectivity index (χ2n) is 4.19. The van der Waals surface area contributed by atoms with Crippen molar-refractivity contribution in [2.45, 2.75) is 32.7 Å². The van der Waals surface area contributed by atoms with E-state index in [0.29, 0.717) is 11.8 Å². The summed E-state index contributed by atoms with van der Waals surface area (Å²) in [6.45, 7) is 3.87. The Morgan fingerprint density at radius 2 is 2.26 bits per heavy atom. The van der Waals surface area contributed by atoms with Crippen LogP contribution < -0.4 is 5.56 Å². The average molecular weight is 280 g/mol. The van der Waals surface area contributed by atoms with Crippen molar-refractivity contribution in [3.8, 4) is 0 Å². The topological polar surface area (TPSA) is 61.2 Å². The van der Waals surface area contributed by atoms with Gasteiger partial charge in [0.05, 0.1) is 18.8 Å². The molecule has 2 heterocycles. The highest BCUT2D eigenvalue weighted by molar-refractivity contribution is 7.18. The summed E-state index contributed by atoms with van der Waals surface area (Å²) in [6.07, 6.45) is 2.80. The molecule has 0 saturated heterocycles. The first-order chi connectivity index (χ1) is 9.12. The van der Waals surface area contributed by atoms with Gasteiger partial charge in [0, 0.05) is 4.88 Å². The maximum absolute atomic E-state index is 12.4. The minimum atomic E-state index is -0.612. The maximum atomic E-state index is 12.4. The smallest absolute Gasteiger partial charge is 0.329 e. The number of hydrogen-bond donors (Lipinski definition) is 0. The number of rotatable bonds is 4. The van der Waals surface area contributed by atoms with E-state index in [0.717, 1.165) is 16.1 Å². The molecular formula is C13H16N2O3S. The summed E-state index contributed by atoms with van der Waals surface area (Å²) in [6, 6.07) is 1.25. The van der Waals surface area contributed by atoms with Gasteiger partial charge in [-0.3, -0.25) is 9.36 Å². The molecule has 6 heteroatoms. The van der Waals surface area contributed by atoms with Crippen LogP contribution in [0, 0.1) is 0 Å². The molecule has 1 unspecified atom stereocenters. The molecule has 5 nitrogen and oxygen atoms in total. The summed E-state index contributed by atoms with van der Waals surface area (Å²) in [7, 11) is 1.32. The Morgan fingerprint density at radius 1 is 1.53 bits per heavy atom. The zero-order chi connectivity index (χ0) is 14.0. The van der Waals surface area contributed by atoms with Crippen LogP contribution in [-0.2, 0) is 16.0 Å². The summed E-state index contributed by atoms with van der Waals surface area (Å²) in [5.41, 5.74) is -0.182. The fourth-order valence-corrected chi connectivity index (χ4v) is 2.92. The Kier molecular flexibility index (Phi) is 3.99. The van der Waals surface area contributed by atoms with E-state index in [9.17, 15) is 9.59 Å². The molecule has 0 fully saturated rings. The third kappa shape index (κ3) is 2.40. The summed E-state index contributed by atoms with van der Waals surface area (Å²) >= 11 is 1.51.